The van der Waals surface area contributed by atoms with E-state index >= 15 is 0 Å². The molecule has 1 fully saturated rings. The molecule has 2 aromatic carbocycles. The van der Waals surface area contributed by atoms with Crippen molar-refractivity contribution >= 4 is 11.6 Å². The lowest BCUT2D eigenvalue weighted by atomic mass is 10.1. The van der Waals surface area contributed by atoms with Gasteiger partial charge in [0.05, 0.1) is 0 Å². The molecular weight excluding hydrogens is 310 g/mol. The predicted octanol–water partition coefficient (Wildman–Crippen LogP) is 3.84. The Hall–Kier alpha value is -2.43. The third-order valence-corrected chi connectivity index (χ3v) is 4.30. The molecule has 0 unspecified atom stereocenters. The molecule has 0 radical (unpaired) electrons. The quantitative estimate of drug-likeness (QED) is 0.850. The molecule has 0 N–H and O–H groups in total. The highest BCUT2D eigenvalue weighted by Gasteiger charge is 2.19. The van der Waals surface area contributed by atoms with E-state index in [1.807, 2.05) is 18.2 Å². The van der Waals surface area contributed by atoms with Gasteiger partial charge >= 0.3 is 0 Å². The summed E-state index contributed by atoms with van der Waals surface area (Å²) in [6.07, 6.45) is 2.34. The second-order valence-corrected chi connectivity index (χ2v) is 6.14. The zero-order chi connectivity index (χ0) is 17.1. The van der Waals surface area contributed by atoms with Gasteiger partial charge < -0.3 is 9.80 Å². The number of hydrogen-bond donors (Lipinski definition) is 0. The third-order valence-electron chi connectivity index (χ3n) is 4.30. The summed E-state index contributed by atoms with van der Waals surface area (Å²) in [6.45, 7) is 2.43. The molecule has 5 heteroatoms. The number of anilines is 1. The highest BCUT2D eigenvalue weighted by molar-refractivity contribution is 5.94. The lowest BCUT2D eigenvalue weighted by molar-refractivity contribution is 0.0784. The van der Waals surface area contributed by atoms with E-state index in [1.54, 1.807) is 7.05 Å². The Morgan fingerprint density at radius 1 is 1.08 bits per heavy atom. The van der Waals surface area contributed by atoms with Crippen LogP contribution in [0.4, 0.5) is 14.5 Å². The summed E-state index contributed by atoms with van der Waals surface area (Å²) in [5.41, 5.74) is 2.18. The standard InChI is InChI=1S/C19H20F2N2O/c1-22(19(24)15-10-16(20)12-17(21)11-15)13-14-6-2-3-7-18(14)23-8-4-5-9-23/h2-3,6-7,10-12H,4-5,8-9,13H2,1H3. The second-order valence-electron chi connectivity index (χ2n) is 6.14. The summed E-state index contributed by atoms with van der Waals surface area (Å²) in [5, 5.41) is 0. The molecule has 1 aliphatic heterocycles. The van der Waals surface area contributed by atoms with Crippen molar-refractivity contribution in [2.75, 3.05) is 25.0 Å². The number of rotatable bonds is 4. The average molecular weight is 330 g/mol. The monoisotopic (exact) mass is 330 g/mol. The smallest absolute Gasteiger partial charge is 0.254 e. The highest BCUT2D eigenvalue weighted by Crippen LogP contribution is 2.25. The first-order valence-electron chi connectivity index (χ1n) is 8.09. The van der Waals surface area contributed by atoms with E-state index in [1.165, 1.54) is 17.7 Å². The number of carbonyl (C=O) groups is 1. The van der Waals surface area contributed by atoms with Crippen molar-refractivity contribution < 1.29 is 13.6 Å². The summed E-state index contributed by atoms with van der Waals surface area (Å²) >= 11 is 0. The van der Waals surface area contributed by atoms with Gasteiger partial charge in [0.2, 0.25) is 0 Å². The van der Waals surface area contributed by atoms with Crippen LogP contribution < -0.4 is 4.90 Å². The maximum atomic E-state index is 13.3. The Kier molecular flexibility index (Phi) is 4.79. The van der Waals surface area contributed by atoms with Gasteiger partial charge in [-0.1, -0.05) is 18.2 Å². The molecular formula is C19H20F2N2O. The number of nitrogens with zero attached hydrogens (tertiary/aromatic N) is 2. The number of benzene rings is 2. The first-order chi connectivity index (χ1) is 11.5. The highest BCUT2D eigenvalue weighted by atomic mass is 19.1. The topological polar surface area (TPSA) is 23.6 Å². The maximum absolute atomic E-state index is 13.3. The molecule has 0 bridgehead atoms. The van der Waals surface area contributed by atoms with Crippen LogP contribution in [0.2, 0.25) is 0 Å². The van der Waals surface area contributed by atoms with Gasteiger partial charge in [-0.05, 0) is 36.6 Å². The fourth-order valence-electron chi connectivity index (χ4n) is 3.14. The summed E-state index contributed by atoms with van der Waals surface area (Å²) in [6, 6.07) is 10.9. The molecule has 0 saturated carbocycles. The Labute approximate surface area is 140 Å². The molecule has 0 aromatic heterocycles. The third kappa shape index (κ3) is 3.55. The Morgan fingerprint density at radius 2 is 1.71 bits per heavy atom. The predicted molar refractivity (Wildman–Crippen MR) is 90.0 cm³/mol. The minimum absolute atomic E-state index is 0.0219. The molecule has 1 saturated heterocycles. The average Bonchev–Trinajstić information content (AvgIpc) is 3.08. The number of para-hydroxylation sites is 1. The lowest BCUT2D eigenvalue weighted by Gasteiger charge is -2.24. The molecule has 0 atom stereocenters. The van der Waals surface area contributed by atoms with Crippen molar-refractivity contribution in [3.8, 4) is 0 Å². The summed E-state index contributed by atoms with van der Waals surface area (Å²) < 4.78 is 26.7. The molecule has 1 heterocycles. The zero-order valence-electron chi connectivity index (χ0n) is 13.6. The van der Waals surface area contributed by atoms with Gasteiger partial charge in [-0.3, -0.25) is 4.79 Å². The van der Waals surface area contributed by atoms with Crippen molar-refractivity contribution in [3.05, 3.63) is 65.2 Å². The molecule has 2 aromatic rings. The maximum Gasteiger partial charge on any atom is 0.254 e. The minimum atomic E-state index is -0.746. The Morgan fingerprint density at radius 3 is 2.38 bits per heavy atom. The van der Waals surface area contributed by atoms with Crippen LogP contribution in [0.1, 0.15) is 28.8 Å². The van der Waals surface area contributed by atoms with Crippen molar-refractivity contribution in [1.82, 2.24) is 4.90 Å². The van der Waals surface area contributed by atoms with E-state index in [2.05, 4.69) is 11.0 Å². The summed E-state index contributed by atoms with van der Waals surface area (Å²) in [5.74, 6) is -1.89. The number of hydrogen-bond acceptors (Lipinski definition) is 2. The van der Waals surface area contributed by atoms with Crippen molar-refractivity contribution in [2.45, 2.75) is 19.4 Å². The van der Waals surface area contributed by atoms with Gasteiger partial charge in [-0.25, -0.2) is 8.78 Å². The van der Waals surface area contributed by atoms with Crippen LogP contribution in [0.15, 0.2) is 42.5 Å². The zero-order valence-corrected chi connectivity index (χ0v) is 13.6. The van der Waals surface area contributed by atoms with E-state index in [0.29, 0.717) is 6.54 Å². The van der Waals surface area contributed by atoms with E-state index in [4.69, 9.17) is 0 Å². The first kappa shape index (κ1) is 16.4. The first-order valence-corrected chi connectivity index (χ1v) is 8.09. The van der Waals surface area contributed by atoms with Crippen LogP contribution in [-0.4, -0.2) is 30.9 Å². The Balaban J connectivity index is 1.79. The molecule has 3 rings (SSSR count). The normalized spacial score (nSPS) is 14.0. The lowest BCUT2D eigenvalue weighted by Crippen LogP contribution is -2.28. The second kappa shape index (κ2) is 6.99. The molecule has 24 heavy (non-hydrogen) atoms. The van der Waals surface area contributed by atoms with Gasteiger partial charge in [-0.2, -0.15) is 0 Å². The molecule has 126 valence electrons. The van der Waals surface area contributed by atoms with E-state index < -0.39 is 17.5 Å². The van der Waals surface area contributed by atoms with Crippen molar-refractivity contribution in [1.29, 1.82) is 0 Å². The minimum Gasteiger partial charge on any atom is -0.371 e. The molecule has 0 aliphatic carbocycles. The van der Waals surface area contributed by atoms with Crippen LogP contribution in [0.5, 0.6) is 0 Å². The van der Waals surface area contributed by atoms with E-state index in [0.717, 1.165) is 42.5 Å². The van der Waals surface area contributed by atoms with Crippen LogP contribution in [-0.2, 0) is 6.54 Å². The number of amides is 1. The van der Waals surface area contributed by atoms with Crippen LogP contribution in [0, 0.1) is 11.6 Å². The molecule has 0 spiro atoms. The molecule has 1 amide bonds. The SMILES string of the molecule is CN(Cc1ccccc1N1CCCC1)C(=O)c1cc(F)cc(F)c1. The van der Waals surface area contributed by atoms with Gasteiger partial charge in [-0.15, -0.1) is 0 Å². The van der Waals surface area contributed by atoms with Gasteiger partial charge in [0.1, 0.15) is 11.6 Å². The van der Waals surface area contributed by atoms with Gasteiger partial charge in [0.25, 0.3) is 5.91 Å². The number of halogens is 2. The largest absolute Gasteiger partial charge is 0.371 e. The summed E-state index contributed by atoms with van der Waals surface area (Å²) in [7, 11) is 1.64. The summed E-state index contributed by atoms with van der Waals surface area (Å²) in [4.78, 5) is 16.3. The Bertz CT molecular complexity index is 722. The molecule has 3 nitrogen and oxygen atoms in total. The number of carbonyl (C=O) groups excluding carboxylic acids is 1. The van der Waals surface area contributed by atoms with Gasteiger partial charge in [0, 0.05) is 44.0 Å². The van der Waals surface area contributed by atoms with Crippen LogP contribution in [0.25, 0.3) is 0 Å². The van der Waals surface area contributed by atoms with Crippen LogP contribution >= 0.6 is 0 Å². The molecule has 1 aliphatic rings. The van der Waals surface area contributed by atoms with Gasteiger partial charge in [0.15, 0.2) is 0 Å². The van der Waals surface area contributed by atoms with E-state index in [-0.39, 0.29) is 5.56 Å². The van der Waals surface area contributed by atoms with Crippen molar-refractivity contribution in [2.24, 2.45) is 0 Å². The van der Waals surface area contributed by atoms with E-state index in [9.17, 15) is 13.6 Å². The van der Waals surface area contributed by atoms with Crippen molar-refractivity contribution in [3.63, 3.8) is 0 Å². The fraction of sp³-hybridized carbons (Fsp3) is 0.316. The van der Waals surface area contributed by atoms with Crippen LogP contribution in [0.3, 0.4) is 0 Å². The fourth-order valence-corrected chi connectivity index (χ4v) is 3.14.